The van der Waals surface area contributed by atoms with E-state index in [-0.39, 0.29) is 18.1 Å². The maximum atomic E-state index is 12.9. The van der Waals surface area contributed by atoms with E-state index in [2.05, 4.69) is 28.4 Å². The number of carbonyl (C=O) groups excluding carboxylic acids is 4. The van der Waals surface area contributed by atoms with Crippen LogP contribution in [-0.4, -0.2) is 47.1 Å². The van der Waals surface area contributed by atoms with Crippen molar-refractivity contribution in [3.05, 3.63) is 59.7 Å². The highest BCUT2D eigenvalue weighted by molar-refractivity contribution is 8.14. The molecule has 0 heterocycles. The Bertz CT molecular complexity index is 1130. The van der Waals surface area contributed by atoms with Crippen molar-refractivity contribution >= 4 is 40.6 Å². The number of ether oxygens (including phenoxy) is 2. The zero-order chi connectivity index (χ0) is 29.5. The number of hydrogen-bond donors (Lipinski definition) is 4. The standard InChI is InChI=1S/C29H40N4O6S/c1-6-8-17-38-22-15-13-20(14-16-22)18-24(31-27(36)39-29(3,4)5)26(35)32-33-28(37)40-19-25(34)30-23-12-10-9-11-21(23)7-2/h9-16,24H,6-8,17-19H2,1-5H3,(H,30,34)(H,31,36)(H,32,35)(H,33,37)/t24-/m0/s1. The third-order valence-electron chi connectivity index (χ3n) is 5.43. The average Bonchev–Trinajstić information content (AvgIpc) is 2.90. The van der Waals surface area contributed by atoms with Crippen molar-refractivity contribution < 1.29 is 28.7 Å². The van der Waals surface area contributed by atoms with Gasteiger partial charge < -0.3 is 20.1 Å². The highest BCUT2D eigenvalue weighted by Gasteiger charge is 2.25. The second-order valence-electron chi connectivity index (χ2n) is 10.00. The fraction of sp³-hybridized carbons (Fsp3) is 0.448. The van der Waals surface area contributed by atoms with E-state index in [1.165, 1.54) is 0 Å². The van der Waals surface area contributed by atoms with Crippen LogP contribution >= 0.6 is 11.8 Å². The topological polar surface area (TPSA) is 135 Å². The molecular formula is C29H40N4O6S. The molecule has 0 fully saturated rings. The molecule has 1 atom stereocenters. The lowest BCUT2D eigenvalue weighted by Gasteiger charge is -2.23. The number of carbonyl (C=O) groups is 4. The highest BCUT2D eigenvalue weighted by atomic mass is 32.2. The number of hydrazine groups is 1. The van der Waals surface area contributed by atoms with Crippen LogP contribution in [0.5, 0.6) is 5.75 Å². The zero-order valence-electron chi connectivity index (χ0n) is 23.8. The van der Waals surface area contributed by atoms with Crippen LogP contribution < -0.4 is 26.2 Å². The summed E-state index contributed by atoms with van der Waals surface area (Å²) in [4.78, 5) is 49.9. The number of benzene rings is 2. The Morgan fingerprint density at radius 1 is 0.950 bits per heavy atom. The number of amides is 4. The minimum Gasteiger partial charge on any atom is -0.494 e. The van der Waals surface area contributed by atoms with Crippen molar-refractivity contribution in [3.63, 3.8) is 0 Å². The number of hydrogen-bond acceptors (Lipinski definition) is 7. The van der Waals surface area contributed by atoms with E-state index in [1.807, 2.05) is 37.3 Å². The lowest BCUT2D eigenvalue weighted by Crippen LogP contribution is -2.53. The molecule has 2 aromatic carbocycles. The van der Waals surface area contributed by atoms with Crippen LogP contribution in [-0.2, 0) is 27.2 Å². The minimum atomic E-state index is -1.04. The minimum absolute atomic E-state index is 0.141. The first-order valence-electron chi connectivity index (χ1n) is 13.3. The van der Waals surface area contributed by atoms with E-state index in [1.54, 1.807) is 39.0 Å². The van der Waals surface area contributed by atoms with E-state index in [0.29, 0.717) is 29.8 Å². The Kier molecular flexibility index (Phi) is 13.3. The van der Waals surface area contributed by atoms with Crippen LogP contribution in [0.25, 0.3) is 0 Å². The first-order valence-corrected chi connectivity index (χ1v) is 14.3. The summed E-state index contributed by atoms with van der Waals surface area (Å²) < 4.78 is 11.0. The third kappa shape index (κ3) is 12.4. The van der Waals surface area contributed by atoms with Gasteiger partial charge >= 0.3 is 6.09 Å². The summed E-state index contributed by atoms with van der Waals surface area (Å²) in [5.74, 6) is -0.431. The number of unbranched alkanes of at least 4 members (excludes halogenated alkanes) is 1. The highest BCUT2D eigenvalue weighted by Crippen LogP contribution is 2.17. The normalized spacial score (nSPS) is 11.6. The van der Waals surface area contributed by atoms with E-state index in [0.717, 1.165) is 30.4 Å². The van der Waals surface area contributed by atoms with Crippen LogP contribution in [0, 0.1) is 0 Å². The molecule has 0 saturated heterocycles. The molecule has 0 radical (unpaired) electrons. The van der Waals surface area contributed by atoms with E-state index in [9.17, 15) is 19.2 Å². The van der Waals surface area contributed by atoms with Gasteiger partial charge in [-0.25, -0.2) is 4.79 Å². The van der Waals surface area contributed by atoms with Crippen LogP contribution in [0.2, 0.25) is 0 Å². The molecule has 0 aliphatic heterocycles. The summed E-state index contributed by atoms with van der Waals surface area (Å²) >= 11 is 0.704. The van der Waals surface area contributed by atoms with Crippen molar-refractivity contribution in [1.29, 1.82) is 0 Å². The molecule has 0 aliphatic carbocycles. The van der Waals surface area contributed by atoms with Crippen molar-refractivity contribution in [2.75, 3.05) is 17.7 Å². The van der Waals surface area contributed by atoms with Crippen LogP contribution in [0.4, 0.5) is 15.3 Å². The van der Waals surface area contributed by atoms with E-state index in [4.69, 9.17) is 9.47 Å². The molecule has 0 bridgehead atoms. The molecule has 2 aromatic rings. The van der Waals surface area contributed by atoms with Gasteiger partial charge in [0.05, 0.1) is 12.4 Å². The lowest BCUT2D eigenvalue weighted by atomic mass is 10.1. The van der Waals surface area contributed by atoms with Crippen molar-refractivity contribution in [1.82, 2.24) is 16.2 Å². The fourth-order valence-corrected chi connectivity index (χ4v) is 3.91. The van der Waals surface area contributed by atoms with E-state index < -0.39 is 28.9 Å². The lowest BCUT2D eigenvalue weighted by molar-refractivity contribution is -0.123. The van der Waals surface area contributed by atoms with Gasteiger partial charge in [-0.2, -0.15) is 0 Å². The summed E-state index contributed by atoms with van der Waals surface area (Å²) in [6.07, 6.45) is 2.11. The second kappa shape index (κ2) is 16.4. The van der Waals surface area contributed by atoms with Gasteiger partial charge in [0, 0.05) is 12.1 Å². The summed E-state index contributed by atoms with van der Waals surface area (Å²) in [5.41, 5.74) is 6.29. The first-order chi connectivity index (χ1) is 19.0. The molecule has 0 saturated carbocycles. The predicted molar refractivity (Wildman–Crippen MR) is 157 cm³/mol. The molecule has 0 spiro atoms. The third-order valence-corrected chi connectivity index (χ3v) is 6.20. The van der Waals surface area contributed by atoms with Gasteiger partial charge in [-0.3, -0.25) is 25.2 Å². The van der Waals surface area contributed by atoms with Gasteiger partial charge in [-0.05, 0) is 62.9 Å². The van der Waals surface area contributed by atoms with Crippen molar-refractivity contribution in [2.24, 2.45) is 0 Å². The number of aryl methyl sites for hydroxylation is 1. The number of alkyl carbamates (subject to hydrolysis) is 1. The molecule has 4 N–H and O–H groups in total. The fourth-order valence-electron chi connectivity index (χ4n) is 3.45. The van der Waals surface area contributed by atoms with Gasteiger partial charge in [0.1, 0.15) is 17.4 Å². The maximum Gasteiger partial charge on any atom is 0.408 e. The molecule has 0 aliphatic rings. The predicted octanol–water partition coefficient (Wildman–Crippen LogP) is 4.98. The molecular weight excluding hydrogens is 532 g/mol. The average molecular weight is 573 g/mol. The SMILES string of the molecule is CCCCOc1ccc(C[C@H](NC(=O)OC(C)(C)C)C(=O)NNC(=O)SCC(=O)Nc2ccccc2CC)cc1. The number of thioether (sulfide) groups is 1. The van der Waals surface area contributed by atoms with Crippen molar-refractivity contribution in [3.8, 4) is 5.75 Å². The van der Waals surface area contributed by atoms with Crippen molar-refractivity contribution in [2.45, 2.75) is 71.9 Å². The number of anilines is 1. The van der Waals surface area contributed by atoms with Crippen LogP contribution in [0.1, 0.15) is 58.6 Å². The molecule has 4 amide bonds. The van der Waals surface area contributed by atoms with Gasteiger partial charge in [0.25, 0.3) is 11.1 Å². The second-order valence-corrected chi connectivity index (χ2v) is 10.9. The number of nitrogens with one attached hydrogen (secondary N) is 4. The Labute approximate surface area is 240 Å². The summed E-state index contributed by atoms with van der Waals surface area (Å²) in [6, 6.07) is 13.6. The van der Waals surface area contributed by atoms with Crippen LogP contribution in [0.3, 0.4) is 0 Å². The Morgan fingerprint density at radius 3 is 2.30 bits per heavy atom. The van der Waals surface area contributed by atoms with Gasteiger partial charge in [-0.15, -0.1) is 0 Å². The molecule has 11 heteroatoms. The monoisotopic (exact) mass is 572 g/mol. The Morgan fingerprint density at radius 2 is 1.65 bits per heavy atom. The summed E-state index contributed by atoms with van der Waals surface area (Å²) in [6.45, 7) is 9.83. The number of para-hydroxylation sites is 1. The van der Waals surface area contributed by atoms with E-state index >= 15 is 0 Å². The van der Waals surface area contributed by atoms with Gasteiger partial charge in [0.15, 0.2) is 0 Å². The smallest absolute Gasteiger partial charge is 0.408 e. The molecule has 0 unspecified atom stereocenters. The number of rotatable bonds is 12. The molecule has 40 heavy (non-hydrogen) atoms. The Balaban J connectivity index is 1.93. The first kappa shape index (κ1) is 32.5. The Hall–Kier alpha value is -3.73. The molecule has 10 nitrogen and oxygen atoms in total. The van der Waals surface area contributed by atoms with Crippen LogP contribution in [0.15, 0.2) is 48.5 Å². The largest absolute Gasteiger partial charge is 0.494 e. The summed E-state index contributed by atoms with van der Waals surface area (Å²) in [7, 11) is 0. The maximum absolute atomic E-state index is 12.9. The zero-order valence-corrected chi connectivity index (χ0v) is 24.6. The molecule has 218 valence electrons. The quantitative estimate of drug-likeness (QED) is 0.208. The molecule has 2 rings (SSSR count). The van der Waals surface area contributed by atoms with Gasteiger partial charge in [-0.1, -0.05) is 62.4 Å². The molecule has 0 aromatic heterocycles. The summed E-state index contributed by atoms with van der Waals surface area (Å²) in [5, 5.41) is 4.72. The van der Waals surface area contributed by atoms with Gasteiger partial charge in [0.2, 0.25) is 5.91 Å².